The van der Waals surface area contributed by atoms with Crippen LogP contribution in [-0.4, -0.2) is 61.9 Å². The largest absolute Gasteiger partial charge is 0.417 e. The van der Waals surface area contributed by atoms with E-state index < -0.39 is 46.7 Å². The van der Waals surface area contributed by atoms with Crippen molar-refractivity contribution in [3.05, 3.63) is 128 Å². The lowest BCUT2D eigenvalue weighted by Gasteiger charge is -2.34. The monoisotopic (exact) mass is 846 g/mol. The Hall–Kier alpha value is -5.44. The van der Waals surface area contributed by atoms with Gasteiger partial charge in [-0.3, -0.25) is 9.59 Å². The van der Waals surface area contributed by atoms with Crippen LogP contribution in [-0.2, 0) is 35.0 Å². The molecule has 0 spiro atoms. The number of halogens is 8. The molecule has 0 heterocycles. The fraction of sp³-hybridized carbons (Fsp3) is 0.333. The minimum atomic E-state index is -4.69. The number of carbonyl (C=O) groups excluding carboxylic acids is 2. The zero-order valence-corrected chi connectivity index (χ0v) is 34.1. The van der Waals surface area contributed by atoms with E-state index in [0.29, 0.717) is 34.0 Å². The number of hydrogen-bond acceptors (Lipinski definition) is 6. The Balaban J connectivity index is 0.000000310. The molecule has 0 aromatic heterocycles. The van der Waals surface area contributed by atoms with Crippen LogP contribution < -0.4 is 9.80 Å². The maximum Gasteiger partial charge on any atom is 0.417 e. The second kappa shape index (κ2) is 20.3. The highest BCUT2D eigenvalue weighted by Gasteiger charge is 2.37. The summed E-state index contributed by atoms with van der Waals surface area (Å²) in [6, 6.07) is 22.6. The van der Waals surface area contributed by atoms with Crippen molar-refractivity contribution in [1.82, 2.24) is 9.80 Å². The molecule has 4 rings (SSSR count). The number of likely N-dealkylation sites (N-methyl/N-ethyl adjacent to an activating group) is 2. The third-order valence-corrected chi connectivity index (χ3v) is 9.83. The van der Waals surface area contributed by atoms with Crippen molar-refractivity contribution in [2.45, 2.75) is 64.2 Å². The molecule has 0 aliphatic carbocycles. The highest BCUT2D eigenvalue weighted by Crippen LogP contribution is 2.37. The average Bonchev–Trinajstić information content (AvgIpc) is 3.18. The Morgan fingerprint density at radius 2 is 0.931 bits per heavy atom. The summed E-state index contributed by atoms with van der Waals surface area (Å²) in [7, 11) is 6.38. The van der Waals surface area contributed by atoms with Gasteiger partial charge in [-0.15, -0.1) is 0 Å². The predicted octanol–water partition coefficient (Wildman–Crippen LogP) is 10.2. The molecule has 0 radical (unpaired) electrons. The van der Waals surface area contributed by atoms with E-state index in [4.69, 9.17) is 33.7 Å². The molecule has 0 aliphatic heterocycles. The molecule has 0 saturated heterocycles. The van der Waals surface area contributed by atoms with Crippen molar-refractivity contribution in [1.29, 1.82) is 10.5 Å². The minimum Gasteiger partial charge on any atom is -0.355 e. The molecule has 0 aliphatic rings. The first-order chi connectivity index (χ1) is 27.2. The number of benzene rings is 4. The van der Waals surface area contributed by atoms with Gasteiger partial charge < -0.3 is 19.6 Å². The molecule has 2 atom stereocenters. The van der Waals surface area contributed by atoms with Gasteiger partial charge in [-0.25, -0.2) is 0 Å². The Bertz CT molecular complexity index is 2000. The topological polar surface area (TPSA) is 94.7 Å². The molecule has 8 nitrogen and oxygen atoms in total. The second-order valence-corrected chi connectivity index (χ2v) is 14.2. The van der Waals surface area contributed by atoms with Crippen LogP contribution >= 0.6 is 23.2 Å². The second-order valence-electron chi connectivity index (χ2n) is 13.4. The molecule has 58 heavy (non-hydrogen) atoms. The summed E-state index contributed by atoms with van der Waals surface area (Å²) in [5, 5.41) is 19.0. The van der Waals surface area contributed by atoms with Gasteiger partial charge in [0.1, 0.15) is 12.1 Å². The molecule has 0 unspecified atom stereocenters. The lowest BCUT2D eigenvalue weighted by molar-refractivity contribution is -0.138. The van der Waals surface area contributed by atoms with Crippen molar-refractivity contribution in [2.24, 2.45) is 0 Å². The van der Waals surface area contributed by atoms with Gasteiger partial charge in [0.25, 0.3) is 0 Å². The molecule has 0 fully saturated rings. The first kappa shape index (κ1) is 46.9. The van der Waals surface area contributed by atoms with E-state index in [1.165, 1.54) is 21.9 Å². The van der Waals surface area contributed by atoms with Crippen LogP contribution in [0.15, 0.2) is 84.9 Å². The molecule has 0 N–H and O–H groups in total. The van der Waals surface area contributed by atoms with Crippen molar-refractivity contribution in [3.8, 4) is 12.1 Å². The molecular formula is C42H42Cl2F6N6O2. The fourth-order valence-corrected chi connectivity index (χ4v) is 6.51. The van der Waals surface area contributed by atoms with Crippen LogP contribution in [0.25, 0.3) is 0 Å². The smallest absolute Gasteiger partial charge is 0.355 e. The number of nitriles is 2. The molecule has 16 heteroatoms. The van der Waals surface area contributed by atoms with E-state index in [1.54, 1.807) is 113 Å². The van der Waals surface area contributed by atoms with E-state index >= 15 is 0 Å². The van der Waals surface area contributed by atoms with Crippen LogP contribution in [0, 0.1) is 22.7 Å². The highest BCUT2D eigenvalue weighted by molar-refractivity contribution is 6.31. The summed E-state index contributed by atoms with van der Waals surface area (Å²) in [4.78, 5) is 31.5. The zero-order valence-electron chi connectivity index (χ0n) is 32.6. The average molecular weight is 848 g/mol. The van der Waals surface area contributed by atoms with E-state index in [9.17, 15) is 35.9 Å². The quantitative estimate of drug-likeness (QED) is 0.132. The van der Waals surface area contributed by atoms with Gasteiger partial charge in [-0.2, -0.15) is 36.9 Å². The van der Waals surface area contributed by atoms with Gasteiger partial charge in [0, 0.05) is 62.7 Å². The highest BCUT2D eigenvalue weighted by atomic mass is 35.5. The van der Waals surface area contributed by atoms with Gasteiger partial charge in [-0.05, 0) is 72.5 Å². The third kappa shape index (κ3) is 11.8. The SMILES string of the molecule is CC[C@@H](C(=O)N(C)C)N(Cc1ccccc1Cl)c1ccc(C#N)c(C(F)(F)F)c1.CC[C@H](C(=O)N(C)C)N(Cc1ccccc1Cl)c1ccc(C#N)c(C(F)(F)F)c1. The van der Waals surface area contributed by atoms with Crippen LogP contribution in [0.4, 0.5) is 37.7 Å². The Kier molecular flexibility index (Phi) is 16.4. The lowest BCUT2D eigenvalue weighted by atomic mass is 10.0. The molecular weight excluding hydrogens is 805 g/mol. The number of anilines is 2. The summed E-state index contributed by atoms with van der Waals surface area (Å²) < 4.78 is 80.8. The Morgan fingerprint density at radius 1 is 0.603 bits per heavy atom. The summed E-state index contributed by atoms with van der Waals surface area (Å²) in [5.41, 5.74) is -1.26. The maximum atomic E-state index is 13.5. The van der Waals surface area contributed by atoms with E-state index in [-0.39, 0.29) is 36.3 Å². The first-order valence-corrected chi connectivity index (χ1v) is 18.6. The summed E-state index contributed by atoms with van der Waals surface area (Å²) in [6.07, 6.45) is -8.62. The van der Waals surface area contributed by atoms with Crippen LogP contribution in [0.5, 0.6) is 0 Å². The number of nitrogens with zero attached hydrogens (tertiary/aromatic N) is 6. The lowest BCUT2D eigenvalue weighted by Crippen LogP contribution is -2.46. The number of rotatable bonds is 12. The molecule has 0 saturated carbocycles. The van der Waals surface area contributed by atoms with Crippen LogP contribution in [0.2, 0.25) is 10.0 Å². The van der Waals surface area contributed by atoms with E-state index in [1.807, 2.05) is 0 Å². The van der Waals surface area contributed by atoms with Crippen molar-refractivity contribution in [3.63, 3.8) is 0 Å². The molecule has 4 aromatic rings. The number of alkyl halides is 6. The Morgan fingerprint density at radius 3 is 1.19 bits per heavy atom. The number of carbonyl (C=O) groups is 2. The van der Waals surface area contributed by atoms with Gasteiger partial charge in [0.05, 0.1) is 34.4 Å². The van der Waals surface area contributed by atoms with Crippen molar-refractivity contribution in [2.75, 3.05) is 38.0 Å². The molecule has 2 amide bonds. The van der Waals surface area contributed by atoms with Gasteiger partial charge >= 0.3 is 12.4 Å². The number of amides is 2. The Labute approximate surface area is 344 Å². The maximum absolute atomic E-state index is 13.5. The molecule has 4 aromatic carbocycles. The molecule has 308 valence electrons. The normalized spacial score (nSPS) is 12.2. The minimum absolute atomic E-state index is 0.140. The standard InChI is InChI=1S/2C21H21ClF3N3O/c2*1-4-19(20(29)27(2)3)28(13-15-7-5-6-8-18(15)22)16-10-9-14(12-26)17(11-16)21(23,24)25/h2*5-11,19H,4,13H2,1-3H3/t2*19-/m10/s1. The summed E-state index contributed by atoms with van der Waals surface area (Å²) in [6.45, 7) is 3.86. The zero-order chi connectivity index (χ0) is 43.5. The van der Waals surface area contributed by atoms with Crippen molar-refractivity contribution >= 4 is 46.4 Å². The van der Waals surface area contributed by atoms with Gasteiger partial charge in [-0.1, -0.05) is 73.4 Å². The summed E-state index contributed by atoms with van der Waals surface area (Å²) in [5.74, 6) is -0.477. The fourth-order valence-electron chi connectivity index (χ4n) is 6.12. The van der Waals surface area contributed by atoms with Crippen molar-refractivity contribution < 1.29 is 35.9 Å². The third-order valence-electron chi connectivity index (χ3n) is 9.10. The first-order valence-electron chi connectivity index (χ1n) is 17.8. The van der Waals surface area contributed by atoms with E-state index in [0.717, 1.165) is 24.3 Å². The van der Waals surface area contributed by atoms with Gasteiger partial charge in [0.15, 0.2) is 0 Å². The molecule has 0 bridgehead atoms. The number of hydrogen-bond donors (Lipinski definition) is 0. The summed E-state index contributed by atoms with van der Waals surface area (Å²) >= 11 is 12.5. The van der Waals surface area contributed by atoms with E-state index in [2.05, 4.69) is 0 Å². The van der Waals surface area contributed by atoms with Crippen LogP contribution in [0.3, 0.4) is 0 Å². The van der Waals surface area contributed by atoms with Crippen LogP contribution in [0.1, 0.15) is 60.1 Å². The van der Waals surface area contributed by atoms with Gasteiger partial charge in [0.2, 0.25) is 11.8 Å². The predicted molar refractivity (Wildman–Crippen MR) is 213 cm³/mol.